The number of carbonyl (C=O) groups is 1. The quantitative estimate of drug-likeness (QED) is 0.655. The van der Waals surface area contributed by atoms with E-state index in [1.807, 2.05) is 43.0 Å². The highest BCUT2D eigenvalue weighted by molar-refractivity contribution is 7.89. The molecule has 0 aliphatic carbocycles. The maximum Gasteiger partial charge on any atom is 0.253 e. The molecule has 2 aromatic rings. The van der Waals surface area contributed by atoms with Gasteiger partial charge in [0.15, 0.2) is 0 Å². The summed E-state index contributed by atoms with van der Waals surface area (Å²) in [7, 11) is -1.96. The third-order valence-corrected chi connectivity index (χ3v) is 7.69. The van der Waals surface area contributed by atoms with Crippen molar-refractivity contribution in [3.05, 3.63) is 54.1 Å². The third-order valence-electron chi connectivity index (χ3n) is 5.64. The van der Waals surface area contributed by atoms with Crippen LogP contribution in [0.5, 0.6) is 5.75 Å². The first-order valence-electron chi connectivity index (χ1n) is 10.7. The molecule has 1 amide bonds. The molecule has 2 aromatic carbocycles. The van der Waals surface area contributed by atoms with Gasteiger partial charge in [0.1, 0.15) is 5.75 Å². The number of hydrogen-bond acceptors (Lipinski definition) is 5. The van der Waals surface area contributed by atoms with Crippen LogP contribution in [0.1, 0.15) is 30.6 Å². The SMILES string of the molecule is CCN(CC)S(=O)(=O)c1cccc(C(=O)N2CCCN(c3ccc(OC)cc3)CC2)c1. The molecule has 1 aliphatic heterocycles. The predicted octanol–water partition coefficient (Wildman–Crippen LogP) is 3.08. The molecule has 1 aliphatic rings. The summed E-state index contributed by atoms with van der Waals surface area (Å²) in [6.45, 7) is 7.19. The zero-order valence-electron chi connectivity index (χ0n) is 18.5. The van der Waals surface area contributed by atoms with E-state index >= 15 is 0 Å². The topological polar surface area (TPSA) is 70.2 Å². The number of anilines is 1. The first-order valence-corrected chi connectivity index (χ1v) is 12.1. The van der Waals surface area contributed by atoms with Crippen LogP contribution in [0.4, 0.5) is 5.69 Å². The Bertz CT molecular complexity index is 988. The Hall–Kier alpha value is -2.58. The van der Waals surface area contributed by atoms with Gasteiger partial charge in [-0.05, 0) is 48.9 Å². The molecule has 0 unspecified atom stereocenters. The summed E-state index contributed by atoms with van der Waals surface area (Å²) in [5.41, 5.74) is 1.51. The summed E-state index contributed by atoms with van der Waals surface area (Å²) >= 11 is 0. The van der Waals surface area contributed by atoms with Crippen LogP contribution in [0, 0.1) is 0 Å². The fourth-order valence-corrected chi connectivity index (χ4v) is 5.36. The molecule has 8 heteroatoms. The van der Waals surface area contributed by atoms with E-state index in [1.54, 1.807) is 25.3 Å². The van der Waals surface area contributed by atoms with Crippen molar-refractivity contribution in [3.63, 3.8) is 0 Å². The molecule has 1 saturated heterocycles. The number of amides is 1. The molecule has 0 aromatic heterocycles. The zero-order valence-corrected chi connectivity index (χ0v) is 19.3. The van der Waals surface area contributed by atoms with Crippen molar-refractivity contribution in [2.75, 3.05) is 51.3 Å². The largest absolute Gasteiger partial charge is 0.497 e. The lowest BCUT2D eigenvalue weighted by Crippen LogP contribution is -2.35. The fourth-order valence-electron chi connectivity index (χ4n) is 3.86. The Morgan fingerprint density at radius 1 is 1.00 bits per heavy atom. The Labute approximate surface area is 185 Å². The standard InChI is InChI=1S/C23H31N3O4S/c1-4-26(5-2)31(28,29)22-9-6-8-19(18-22)23(27)25-15-7-14-24(16-17-25)20-10-12-21(30-3)13-11-20/h6,8-13,18H,4-5,7,14-17H2,1-3H3. The number of methoxy groups -OCH3 is 1. The number of hydrogen-bond donors (Lipinski definition) is 0. The average molecular weight is 446 g/mol. The van der Waals surface area contributed by atoms with Crippen molar-refractivity contribution in [1.29, 1.82) is 0 Å². The molecule has 0 N–H and O–H groups in total. The second kappa shape index (κ2) is 10.2. The summed E-state index contributed by atoms with van der Waals surface area (Å²) in [6, 6.07) is 14.3. The summed E-state index contributed by atoms with van der Waals surface area (Å²) in [5, 5.41) is 0. The van der Waals surface area contributed by atoms with E-state index in [2.05, 4.69) is 4.90 Å². The van der Waals surface area contributed by atoms with Crippen LogP contribution in [0.2, 0.25) is 0 Å². The minimum atomic E-state index is -3.60. The van der Waals surface area contributed by atoms with E-state index in [0.717, 1.165) is 30.9 Å². The lowest BCUT2D eigenvalue weighted by molar-refractivity contribution is 0.0766. The Morgan fingerprint density at radius 3 is 2.35 bits per heavy atom. The lowest BCUT2D eigenvalue weighted by atomic mass is 10.2. The van der Waals surface area contributed by atoms with E-state index < -0.39 is 10.0 Å². The van der Waals surface area contributed by atoms with Crippen molar-refractivity contribution < 1.29 is 17.9 Å². The normalized spacial score (nSPS) is 15.1. The molecule has 1 fully saturated rings. The molecule has 0 bridgehead atoms. The number of rotatable bonds is 7. The molecule has 0 radical (unpaired) electrons. The van der Waals surface area contributed by atoms with Crippen LogP contribution in [0.3, 0.4) is 0 Å². The smallest absolute Gasteiger partial charge is 0.253 e. The highest BCUT2D eigenvalue weighted by Gasteiger charge is 2.25. The lowest BCUT2D eigenvalue weighted by Gasteiger charge is -2.24. The molecule has 0 saturated carbocycles. The van der Waals surface area contributed by atoms with Gasteiger partial charge in [-0.1, -0.05) is 19.9 Å². The molecular formula is C23H31N3O4S. The van der Waals surface area contributed by atoms with Gasteiger partial charge in [0.2, 0.25) is 10.0 Å². The van der Waals surface area contributed by atoms with E-state index in [0.29, 0.717) is 31.7 Å². The molecule has 3 rings (SSSR count). The molecule has 7 nitrogen and oxygen atoms in total. The summed E-state index contributed by atoms with van der Waals surface area (Å²) in [5.74, 6) is 0.683. The van der Waals surface area contributed by atoms with Crippen LogP contribution in [-0.4, -0.2) is 69.9 Å². The molecule has 168 valence electrons. The van der Waals surface area contributed by atoms with Gasteiger partial charge in [-0.25, -0.2) is 8.42 Å². The monoisotopic (exact) mass is 445 g/mol. The number of benzene rings is 2. The number of nitrogens with zero attached hydrogens (tertiary/aromatic N) is 3. The molecule has 31 heavy (non-hydrogen) atoms. The van der Waals surface area contributed by atoms with Gasteiger partial charge in [0.05, 0.1) is 12.0 Å². The second-order valence-corrected chi connectivity index (χ2v) is 9.39. The average Bonchev–Trinajstić information content (AvgIpc) is 3.06. The van der Waals surface area contributed by atoms with Crippen molar-refractivity contribution in [2.45, 2.75) is 25.2 Å². The van der Waals surface area contributed by atoms with Crippen molar-refractivity contribution >= 4 is 21.6 Å². The van der Waals surface area contributed by atoms with Crippen LogP contribution >= 0.6 is 0 Å². The van der Waals surface area contributed by atoms with Crippen LogP contribution in [-0.2, 0) is 10.0 Å². The first kappa shape index (κ1) is 23.1. The Kier molecular flexibility index (Phi) is 7.56. The summed E-state index contributed by atoms with van der Waals surface area (Å²) < 4.78 is 32.3. The van der Waals surface area contributed by atoms with E-state index in [9.17, 15) is 13.2 Å². The maximum atomic E-state index is 13.1. The minimum Gasteiger partial charge on any atom is -0.497 e. The van der Waals surface area contributed by atoms with Crippen molar-refractivity contribution in [3.8, 4) is 5.75 Å². The van der Waals surface area contributed by atoms with Gasteiger partial charge in [0.25, 0.3) is 5.91 Å². The Morgan fingerprint density at radius 2 is 1.71 bits per heavy atom. The fraction of sp³-hybridized carbons (Fsp3) is 0.435. The van der Waals surface area contributed by atoms with Crippen LogP contribution in [0.25, 0.3) is 0 Å². The van der Waals surface area contributed by atoms with Gasteiger partial charge in [-0.3, -0.25) is 4.79 Å². The van der Waals surface area contributed by atoms with Gasteiger partial charge in [-0.2, -0.15) is 4.31 Å². The minimum absolute atomic E-state index is 0.131. The van der Waals surface area contributed by atoms with Gasteiger partial charge in [-0.15, -0.1) is 0 Å². The molecule has 0 atom stereocenters. The van der Waals surface area contributed by atoms with E-state index in [-0.39, 0.29) is 10.8 Å². The number of carbonyl (C=O) groups excluding carboxylic acids is 1. The molecule has 1 heterocycles. The first-order chi connectivity index (χ1) is 14.9. The zero-order chi connectivity index (χ0) is 22.4. The van der Waals surface area contributed by atoms with Gasteiger partial charge >= 0.3 is 0 Å². The summed E-state index contributed by atoms with van der Waals surface area (Å²) in [4.78, 5) is 17.4. The Balaban J connectivity index is 1.73. The van der Waals surface area contributed by atoms with Crippen molar-refractivity contribution in [1.82, 2.24) is 9.21 Å². The maximum absolute atomic E-state index is 13.1. The van der Waals surface area contributed by atoms with Crippen molar-refractivity contribution in [2.24, 2.45) is 0 Å². The third kappa shape index (κ3) is 5.19. The number of ether oxygens (including phenoxy) is 1. The van der Waals surface area contributed by atoms with E-state index in [1.165, 1.54) is 10.4 Å². The highest BCUT2D eigenvalue weighted by Crippen LogP contribution is 2.22. The molecular weight excluding hydrogens is 414 g/mol. The van der Waals surface area contributed by atoms with E-state index in [4.69, 9.17) is 4.74 Å². The number of sulfonamides is 1. The second-order valence-electron chi connectivity index (χ2n) is 7.45. The van der Waals surface area contributed by atoms with Crippen LogP contribution in [0.15, 0.2) is 53.4 Å². The molecule has 0 spiro atoms. The van der Waals surface area contributed by atoms with Gasteiger partial charge < -0.3 is 14.5 Å². The van der Waals surface area contributed by atoms with Crippen LogP contribution < -0.4 is 9.64 Å². The van der Waals surface area contributed by atoms with Gasteiger partial charge in [0, 0.05) is 50.5 Å². The predicted molar refractivity (Wildman–Crippen MR) is 122 cm³/mol. The highest BCUT2D eigenvalue weighted by atomic mass is 32.2. The summed E-state index contributed by atoms with van der Waals surface area (Å²) in [6.07, 6.45) is 0.842.